The molecule has 0 atom stereocenters. The Morgan fingerprint density at radius 2 is 1.95 bits per heavy atom. The fourth-order valence-corrected chi connectivity index (χ4v) is 2.75. The first kappa shape index (κ1) is 11.4. The molecular weight excluding hydrogens is 252 g/mol. The molecule has 0 saturated heterocycles. The largest absolute Gasteiger partial charge is 0.448 e. The van der Waals surface area contributed by atoms with Crippen LogP contribution in [0.5, 0.6) is 0 Å². The van der Waals surface area contributed by atoms with Crippen molar-refractivity contribution in [2.24, 2.45) is 0 Å². The van der Waals surface area contributed by atoms with Crippen LogP contribution in [-0.4, -0.2) is 19.7 Å². The molecule has 0 N–H and O–H groups in total. The Balaban J connectivity index is 1.85. The van der Waals surface area contributed by atoms with Gasteiger partial charge >= 0.3 is 0 Å². The number of nitrogens with zero attached hydrogens (tertiary/aromatic N) is 4. The zero-order chi connectivity index (χ0) is 13.5. The third-order valence-corrected chi connectivity index (χ3v) is 3.85. The van der Waals surface area contributed by atoms with Crippen LogP contribution in [0.25, 0.3) is 11.5 Å². The van der Waals surface area contributed by atoms with E-state index >= 15 is 0 Å². The second-order valence-electron chi connectivity index (χ2n) is 5.05. The Morgan fingerprint density at radius 1 is 1.10 bits per heavy atom. The fourth-order valence-electron chi connectivity index (χ4n) is 2.75. The predicted octanol–water partition coefficient (Wildman–Crippen LogP) is 2.39. The number of rotatable bonds is 1. The molecule has 0 aliphatic carbocycles. The number of benzene rings is 1. The summed E-state index contributed by atoms with van der Waals surface area (Å²) in [5.74, 6) is 2.58. The van der Waals surface area contributed by atoms with Crippen molar-refractivity contribution in [3.63, 3.8) is 0 Å². The Morgan fingerprint density at radius 3 is 2.75 bits per heavy atom. The van der Waals surface area contributed by atoms with Gasteiger partial charge in [-0.3, -0.25) is 0 Å². The van der Waals surface area contributed by atoms with Gasteiger partial charge in [0.05, 0.1) is 6.54 Å². The van der Waals surface area contributed by atoms with Gasteiger partial charge in [-0.1, -0.05) is 24.3 Å². The molecule has 0 saturated carbocycles. The molecule has 20 heavy (non-hydrogen) atoms. The molecule has 0 spiro atoms. The van der Waals surface area contributed by atoms with Crippen LogP contribution in [0.2, 0.25) is 0 Å². The van der Waals surface area contributed by atoms with Gasteiger partial charge in [0.1, 0.15) is 17.3 Å². The Kier molecular flexibility index (Phi) is 2.45. The van der Waals surface area contributed by atoms with Crippen molar-refractivity contribution in [3.8, 4) is 11.5 Å². The van der Waals surface area contributed by atoms with Gasteiger partial charge in [0.25, 0.3) is 0 Å². The van der Waals surface area contributed by atoms with Crippen molar-refractivity contribution >= 4 is 0 Å². The quantitative estimate of drug-likeness (QED) is 0.678. The topological polar surface area (TPSA) is 56.7 Å². The summed E-state index contributed by atoms with van der Waals surface area (Å²) in [5.41, 5.74) is 3.50. The molecular formula is C15H14N4O. The number of fused-ring (bicyclic) bond motifs is 2. The summed E-state index contributed by atoms with van der Waals surface area (Å²) in [4.78, 5) is 4.26. The van der Waals surface area contributed by atoms with Crippen LogP contribution in [0, 0.1) is 6.92 Å². The summed E-state index contributed by atoms with van der Waals surface area (Å²) in [7, 11) is 0. The first-order chi connectivity index (χ1) is 9.83. The maximum absolute atomic E-state index is 5.29. The summed E-state index contributed by atoms with van der Waals surface area (Å²) in [6.45, 7) is 2.69. The first-order valence-electron chi connectivity index (χ1n) is 6.72. The zero-order valence-corrected chi connectivity index (χ0v) is 11.2. The van der Waals surface area contributed by atoms with E-state index < -0.39 is 0 Å². The first-order valence-corrected chi connectivity index (χ1v) is 6.72. The SMILES string of the molecule is Cc1ocnc1-c1nnc2n1Cc1ccccc1CC2. The highest BCUT2D eigenvalue weighted by atomic mass is 16.3. The molecule has 2 aromatic heterocycles. The van der Waals surface area contributed by atoms with Crippen molar-refractivity contribution in [1.29, 1.82) is 0 Å². The molecule has 5 heteroatoms. The third kappa shape index (κ3) is 1.66. The molecule has 0 amide bonds. The average molecular weight is 266 g/mol. The van der Waals surface area contributed by atoms with Gasteiger partial charge in [-0.15, -0.1) is 10.2 Å². The molecule has 0 fully saturated rings. The van der Waals surface area contributed by atoms with Gasteiger partial charge in [0.15, 0.2) is 12.2 Å². The Bertz CT molecular complexity index is 772. The number of hydrogen-bond donors (Lipinski definition) is 0. The minimum absolute atomic E-state index is 0.776. The highest BCUT2D eigenvalue weighted by Crippen LogP contribution is 2.25. The van der Waals surface area contributed by atoms with Gasteiger partial charge in [-0.2, -0.15) is 0 Å². The molecule has 1 aromatic carbocycles. The van der Waals surface area contributed by atoms with Crippen LogP contribution in [0.4, 0.5) is 0 Å². The van der Waals surface area contributed by atoms with Crippen molar-refractivity contribution < 1.29 is 4.42 Å². The maximum atomic E-state index is 5.29. The van der Waals surface area contributed by atoms with Crippen LogP contribution < -0.4 is 0 Å². The average Bonchev–Trinajstić information content (AvgIpc) is 2.99. The fraction of sp³-hybridized carbons (Fsp3) is 0.267. The molecule has 5 nitrogen and oxygen atoms in total. The molecule has 4 rings (SSSR count). The molecule has 100 valence electrons. The van der Waals surface area contributed by atoms with E-state index in [0.29, 0.717) is 0 Å². The van der Waals surface area contributed by atoms with E-state index in [9.17, 15) is 0 Å². The molecule has 1 aliphatic heterocycles. The second-order valence-corrected chi connectivity index (χ2v) is 5.05. The molecule has 1 aliphatic rings. The number of aromatic nitrogens is 4. The van der Waals surface area contributed by atoms with Crippen molar-refractivity contribution in [3.05, 3.63) is 53.4 Å². The summed E-state index contributed by atoms with van der Waals surface area (Å²) in [5, 5.41) is 8.63. The predicted molar refractivity (Wildman–Crippen MR) is 73.2 cm³/mol. The standard InChI is InChI=1S/C15H14N4O/c1-10-14(16-9-20-10)15-18-17-13-7-6-11-4-2-3-5-12(11)8-19(13)15/h2-5,9H,6-8H2,1H3. The number of hydrogen-bond acceptors (Lipinski definition) is 4. The van der Waals surface area contributed by atoms with E-state index in [4.69, 9.17) is 4.42 Å². The summed E-state index contributed by atoms with van der Waals surface area (Å²) in [6.07, 6.45) is 3.37. The van der Waals surface area contributed by atoms with Crippen molar-refractivity contribution in [1.82, 2.24) is 19.7 Å². The van der Waals surface area contributed by atoms with Crippen LogP contribution in [0.1, 0.15) is 22.7 Å². The van der Waals surface area contributed by atoms with E-state index in [2.05, 4.69) is 44.0 Å². The van der Waals surface area contributed by atoms with Gasteiger partial charge in [0, 0.05) is 6.42 Å². The van der Waals surface area contributed by atoms with Crippen LogP contribution in [0.15, 0.2) is 35.1 Å². The van der Waals surface area contributed by atoms with Crippen molar-refractivity contribution in [2.45, 2.75) is 26.3 Å². The minimum atomic E-state index is 0.776. The van der Waals surface area contributed by atoms with Gasteiger partial charge in [-0.25, -0.2) is 4.98 Å². The molecule has 0 bridgehead atoms. The lowest BCUT2D eigenvalue weighted by Crippen LogP contribution is -2.05. The highest BCUT2D eigenvalue weighted by Gasteiger charge is 2.21. The second kappa shape index (κ2) is 4.30. The van der Waals surface area contributed by atoms with Crippen LogP contribution >= 0.6 is 0 Å². The van der Waals surface area contributed by atoms with E-state index in [1.165, 1.54) is 17.5 Å². The van der Waals surface area contributed by atoms with Gasteiger partial charge in [-0.05, 0) is 24.5 Å². The molecule has 0 unspecified atom stereocenters. The summed E-state index contributed by atoms with van der Waals surface area (Å²) >= 11 is 0. The van der Waals surface area contributed by atoms with E-state index in [0.717, 1.165) is 42.5 Å². The smallest absolute Gasteiger partial charge is 0.186 e. The number of oxazole rings is 1. The Labute approximate surface area is 116 Å². The molecule has 3 heterocycles. The van der Waals surface area contributed by atoms with E-state index in [1.807, 2.05) is 6.92 Å². The lowest BCUT2D eigenvalue weighted by Gasteiger charge is -2.08. The van der Waals surface area contributed by atoms with Crippen LogP contribution in [-0.2, 0) is 19.4 Å². The minimum Gasteiger partial charge on any atom is -0.448 e. The number of aryl methyl sites for hydroxylation is 3. The van der Waals surface area contributed by atoms with E-state index in [-0.39, 0.29) is 0 Å². The highest BCUT2D eigenvalue weighted by molar-refractivity contribution is 5.52. The summed E-state index contributed by atoms with van der Waals surface area (Å²) < 4.78 is 7.44. The lowest BCUT2D eigenvalue weighted by molar-refractivity contribution is 0.527. The normalized spacial score (nSPS) is 13.7. The lowest BCUT2D eigenvalue weighted by atomic mass is 10.0. The monoisotopic (exact) mass is 266 g/mol. The van der Waals surface area contributed by atoms with Gasteiger partial charge in [0.2, 0.25) is 0 Å². The summed E-state index contributed by atoms with van der Waals surface area (Å²) in [6, 6.07) is 8.53. The van der Waals surface area contributed by atoms with Gasteiger partial charge < -0.3 is 8.98 Å². The third-order valence-electron chi connectivity index (χ3n) is 3.85. The maximum Gasteiger partial charge on any atom is 0.186 e. The molecule has 0 radical (unpaired) electrons. The van der Waals surface area contributed by atoms with Crippen molar-refractivity contribution in [2.75, 3.05) is 0 Å². The van der Waals surface area contributed by atoms with Crippen LogP contribution in [0.3, 0.4) is 0 Å². The molecule has 3 aromatic rings. The van der Waals surface area contributed by atoms with E-state index in [1.54, 1.807) is 0 Å². The zero-order valence-electron chi connectivity index (χ0n) is 11.2. The Hall–Kier alpha value is -2.43.